The molecule has 2 bridgehead atoms. The van der Waals surface area contributed by atoms with Gasteiger partial charge in [-0.05, 0) is 74.6 Å². The van der Waals surface area contributed by atoms with Crippen LogP contribution in [0.5, 0.6) is 0 Å². The Labute approximate surface area is 129 Å². The van der Waals surface area contributed by atoms with Gasteiger partial charge in [0.25, 0.3) is 0 Å². The molecule has 1 aromatic carbocycles. The Kier molecular flexibility index (Phi) is 4.37. The minimum Gasteiger partial charge on any atom is -0.329 e. The van der Waals surface area contributed by atoms with Crippen molar-refractivity contribution in [2.45, 2.75) is 45.6 Å². The van der Waals surface area contributed by atoms with E-state index in [1.807, 2.05) is 0 Å². The smallest absolute Gasteiger partial charge is 0.0472 e. The lowest BCUT2D eigenvalue weighted by Gasteiger charge is -2.34. The minimum absolute atomic E-state index is 0.366. The molecule has 2 fully saturated rings. The van der Waals surface area contributed by atoms with Gasteiger partial charge in [0.05, 0.1) is 0 Å². The molecule has 2 nitrogen and oxygen atoms in total. The molecule has 0 saturated heterocycles. The summed E-state index contributed by atoms with van der Waals surface area (Å²) in [4.78, 5) is 2.53. The standard InChI is InChI=1S/C19H30N2/c1-13-5-4-6-14(2)19(13)18(11-20)21(3)12-17-10-15-7-8-16(17)9-15/h4-6,15-18H,7-12,20H2,1-3H3. The highest BCUT2D eigenvalue weighted by molar-refractivity contribution is 5.36. The number of rotatable bonds is 5. The van der Waals surface area contributed by atoms with Crippen molar-refractivity contribution in [2.24, 2.45) is 23.5 Å². The van der Waals surface area contributed by atoms with Crippen LogP contribution in [-0.2, 0) is 0 Å². The first-order valence-corrected chi connectivity index (χ1v) is 8.56. The molecule has 4 unspecified atom stereocenters. The Morgan fingerprint density at radius 3 is 2.43 bits per heavy atom. The highest BCUT2D eigenvalue weighted by Gasteiger charge is 2.40. The summed E-state index contributed by atoms with van der Waals surface area (Å²) in [7, 11) is 2.27. The molecule has 3 rings (SSSR count). The highest BCUT2D eigenvalue weighted by atomic mass is 15.1. The molecule has 2 aliphatic carbocycles. The van der Waals surface area contributed by atoms with Crippen LogP contribution in [-0.4, -0.2) is 25.0 Å². The molecule has 1 aromatic rings. The third kappa shape index (κ3) is 2.89. The maximum absolute atomic E-state index is 6.15. The van der Waals surface area contributed by atoms with Crippen molar-refractivity contribution < 1.29 is 0 Å². The molecule has 21 heavy (non-hydrogen) atoms. The van der Waals surface area contributed by atoms with Crippen molar-refractivity contribution in [2.75, 3.05) is 20.1 Å². The van der Waals surface area contributed by atoms with E-state index in [4.69, 9.17) is 5.73 Å². The average Bonchev–Trinajstić information content (AvgIpc) is 3.05. The van der Waals surface area contributed by atoms with E-state index in [0.29, 0.717) is 12.6 Å². The highest BCUT2D eigenvalue weighted by Crippen LogP contribution is 2.48. The summed E-state index contributed by atoms with van der Waals surface area (Å²) in [5, 5.41) is 0. The Morgan fingerprint density at radius 2 is 1.90 bits per heavy atom. The van der Waals surface area contributed by atoms with E-state index in [-0.39, 0.29) is 0 Å². The second kappa shape index (κ2) is 6.10. The fourth-order valence-corrected chi connectivity index (χ4v) is 4.97. The van der Waals surface area contributed by atoms with Crippen molar-refractivity contribution in [3.8, 4) is 0 Å². The van der Waals surface area contributed by atoms with Crippen LogP contribution < -0.4 is 5.73 Å². The summed E-state index contributed by atoms with van der Waals surface area (Å²) in [6.07, 6.45) is 5.91. The van der Waals surface area contributed by atoms with E-state index in [9.17, 15) is 0 Å². The molecule has 116 valence electrons. The maximum atomic E-state index is 6.15. The fraction of sp³-hybridized carbons (Fsp3) is 0.684. The lowest BCUT2D eigenvalue weighted by molar-refractivity contribution is 0.175. The van der Waals surface area contributed by atoms with Crippen molar-refractivity contribution in [1.29, 1.82) is 0 Å². The van der Waals surface area contributed by atoms with Crippen LogP contribution in [0.4, 0.5) is 0 Å². The number of hydrogen-bond acceptors (Lipinski definition) is 2. The third-order valence-electron chi connectivity index (χ3n) is 6.04. The molecule has 0 amide bonds. The number of nitrogens with two attached hydrogens (primary N) is 1. The number of nitrogens with zero attached hydrogens (tertiary/aromatic N) is 1. The molecular formula is C19H30N2. The second-order valence-electron chi connectivity index (χ2n) is 7.43. The van der Waals surface area contributed by atoms with Gasteiger partial charge in [-0.15, -0.1) is 0 Å². The summed E-state index contributed by atoms with van der Waals surface area (Å²) in [6, 6.07) is 6.95. The lowest BCUT2D eigenvalue weighted by atomic mass is 9.87. The van der Waals surface area contributed by atoms with Gasteiger partial charge in [0, 0.05) is 19.1 Å². The van der Waals surface area contributed by atoms with Gasteiger partial charge in [0.2, 0.25) is 0 Å². The van der Waals surface area contributed by atoms with Gasteiger partial charge in [0.1, 0.15) is 0 Å². The minimum atomic E-state index is 0.366. The monoisotopic (exact) mass is 286 g/mol. The molecule has 0 aromatic heterocycles. The van der Waals surface area contributed by atoms with Crippen LogP contribution in [0.25, 0.3) is 0 Å². The zero-order valence-corrected chi connectivity index (χ0v) is 13.8. The second-order valence-corrected chi connectivity index (χ2v) is 7.43. The summed E-state index contributed by atoms with van der Waals surface area (Å²) < 4.78 is 0. The van der Waals surface area contributed by atoms with Crippen molar-refractivity contribution >= 4 is 0 Å². The van der Waals surface area contributed by atoms with Gasteiger partial charge in [-0.3, -0.25) is 4.90 Å². The molecule has 2 saturated carbocycles. The Hall–Kier alpha value is -0.860. The van der Waals surface area contributed by atoms with Crippen molar-refractivity contribution in [1.82, 2.24) is 4.90 Å². The molecule has 0 radical (unpaired) electrons. The molecule has 4 atom stereocenters. The molecule has 2 N–H and O–H groups in total. The van der Waals surface area contributed by atoms with Gasteiger partial charge in [-0.2, -0.15) is 0 Å². The molecule has 0 aliphatic heterocycles. The van der Waals surface area contributed by atoms with Crippen LogP contribution in [0.3, 0.4) is 0 Å². The first-order chi connectivity index (χ1) is 10.1. The quantitative estimate of drug-likeness (QED) is 0.895. The molecule has 0 spiro atoms. The van der Waals surface area contributed by atoms with E-state index < -0.39 is 0 Å². The zero-order chi connectivity index (χ0) is 15.0. The van der Waals surface area contributed by atoms with E-state index >= 15 is 0 Å². The number of benzene rings is 1. The van der Waals surface area contributed by atoms with E-state index in [1.165, 1.54) is 48.9 Å². The predicted molar refractivity (Wildman–Crippen MR) is 89.3 cm³/mol. The Morgan fingerprint density at radius 1 is 1.19 bits per heavy atom. The predicted octanol–water partition coefficient (Wildman–Crippen LogP) is 3.67. The number of aryl methyl sites for hydroxylation is 2. The SMILES string of the molecule is Cc1cccc(C)c1C(CN)N(C)CC1CC2CCC1C2. The largest absolute Gasteiger partial charge is 0.329 e. The zero-order valence-electron chi connectivity index (χ0n) is 13.8. The van der Waals surface area contributed by atoms with Gasteiger partial charge in [-0.25, -0.2) is 0 Å². The van der Waals surface area contributed by atoms with Gasteiger partial charge in [0.15, 0.2) is 0 Å². The van der Waals surface area contributed by atoms with Crippen molar-refractivity contribution in [3.05, 3.63) is 34.9 Å². The average molecular weight is 286 g/mol. The lowest BCUT2D eigenvalue weighted by Crippen LogP contribution is -2.36. The summed E-state index contributed by atoms with van der Waals surface area (Å²) in [6.45, 7) is 6.37. The Balaban J connectivity index is 1.73. The molecule has 0 heterocycles. The van der Waals surface area contributed by atoms with E-state index in [1.54, 1.807) is 0 Å². The summed E-state index contributed by atoms with van der Waals surface area (Å²) >= 11 is 0. The molecule has 2 heteroatoms. The van der Waals surface area contributed by atoms with Gasteiger partial charge in [-0.1, -0.05) is 24.6 Å². The molecular weight excluding hydrogens is 256 g/mol. The summed E-state index contributed by atoms with van der Waals surface area (Å²) in [5.74, 6) is 2.94. The third-order valence-corrected chi connectivity index (χ3v) is 6.04. The first kappa shape index (κ1) is 15.1. The number of fused-ring (bicyclic) bond motifs is 2. The maximum Gasteiger partial charge on any atom is 0.0472 e. The van der Waals surface area contributed by atoms with Crippen LogP contribution in [0, 0.1) is 31.6 Å². The normalized spacial score (nSPS) is 29.3. The first-order valence-electron chi connectivity index (χ1n) is 8.56. The van der Waals surface area contributed by atoms with Crippen molar-refractivity contribution in [3.63, 3.8) is 0 Å². The topological polar surface area (TPSA) is 29.3 Å². The van der Waals surface area contributed by atoms with Gasteiger partial charge < -0.3 is 5.73 Å². The number of likely N-dealkylation sites (N-methyl/N-ethyl adjacent to an activating group) is 1. The van der Waals surface area contributed by atoms with Crippen LogP contribution >= 0.6 is 0 Å². The molecule has 2 aliphatic rings. The summed E-state index contributed by atoms with van der Waals surface area (Å²) in [5.41, 5.74) is 10.4. The van der Waals surface area contributed by atoms with E-state index in [2.05, 4.69) is 44.0 Å². The van der Waals surface area contributed by atoms with Gasteiger partial charge >= 0.3 is 0 Å². The van der Waals surface area contributed by atoms with Crippen LogP contribution in [0.2, 0.25) is 0 Å². The fourth-order valence-electron chi connectivity index (χ4n) is 4.97. The van der Waals surface area contributed by atoms with Crippen LogP contribution in [0.15, 0.2) is 18.2 Å². The van der Waals surface area contributed by atoms with Crippen LogP contribution in [0.1, 0.15) is 48.4 Å². The Bertz CT molecular complexity index is 476. The number of hydrogen-bond donors (Lipinski definition) is 1. The van der Waals surface area contributed by atoms with E-state index in [0.717, 1.165) is 17.8 Å².